The zero-order valence-electron chi connectivity index (χ0n) is 27.1. The molecule has 0 atom stereocenters. The second-order valence-electron chi connectivity index (χ2n) is 12.7. The Labute approximate surface area is 289 Å². The van der Waals surface area contributed by atoms with Crippen molar-refractivity contribution < 1.29 is 0 Å². The van der Waals surface area contributed by atoms with Gasteiger partial charge in [-0.15, -0.1) is 0 Å². The minimum atomic E-state index is 0.699. The van der Waals surface area contributed by atoms with Gasteiger partial charge in [-0.1, -0.05) is 121 Å². The van der Waals surface area contributed by atoms with Crippen LogP contribution in [0.2, 0.25) is 0 Å². The maximum atomic E-state index is 5.33. The number of benzene rings is 7. The van der Waals surface area contributed by atoms with Gasteiger partial charge in [-0.2, -0.15) is 0 Å². The average Bonchev–Trinajstić information content (AvgIpc) is 3.76. The van der Waals surface area contributed by atoms with E-state index in [0.717, 1.165) is 61.3 Å². The molecule has 3 aromatic heterocycles. The predicted octanol–water partition coefficient (Wildman–Crippen LogP) is 11.7. The van der Waals surface area contributed by atoms with Gasteiger partial charge in [-0.25, -0.2) is 9.97 Å². The van der Waals surface area contributed by atoms with Crippen LogP contribution in [0.5, 0.6) is 0 Å². The highest BCUT2D eigenvalue weighted by Crippen LogP contribution is 2.38. The summed E-state index contributed by atoms with van der Waals surface area (Å²) in [4.78, 5) is 10.5. The van der Waals surface area contributed by atoms with Crippen LogP contribution in [0, 0.1) is 0 Å². The molecule has 0 saturated carbocycles. The van der Waals surface area contributed by atoms with E-state index in [1.54, 1.807) is 0 Å². The van der Waals surface area contributed by atoms with E-state index in [9.17, 15) is 0 Å². The maximum absolute atomic E-state index is 5.33. The van der Waals surface area contributed by atoms with Gasteiger partial charge in [0.15, 0.2) is 5.82 Å². The highest BCUT2D eigenvalue weighted by Gasteiger charge is 2.18. The first-order valence-corrected chi connectivity index (χ1v) is 16.9. The topological polar surface area (TPSA) is 35.6 Å². The van der Waals surface area contributed by atoms with Gasteiger partial charge in [0.1, 0.15) is 0 Å². The quantitative estimate of drug-likeness (QED) is 0.188. The lowest BCUT2D eigenvalue weighted by molar-refractivity contribution is 1.12. The molecular weight excluding hydrogens is 609 g/mol. The van der Waals surface area contributed by atoms with E-state index in [2.05, 4.69) is 185 Å². The summed E-state index contributed by atoms with van der Waals surface area (Å²) in [7, 11) is 0. The van der Waals surface area contributed by atoms with Crippen LogP contribution in [0.4, 0.5) is 0 Å². The van der Waals surface area contributed by atoms with Crippen LogP contribution < -0.4 is 0 Å². The second kappa shape index (κ2) is 11.4. The van der Waals surface area contributed by atoms with Crippen molar-refractivity contribution in [3.63, 3.8) is 0 Å². The Morgan fingerprint density at radius 3 is 1.94 bits per heavy atom. The summed E-state index contributed by atoms with van der Waals surface area (Å²) < 4.78 is 4.65. The van der Waals surface area contributed by atoms with Crippen LogP contribution in [0.1, 0.15) is 0 Å². The minimum absolute atomic E-state index is 0.699. The number of nitrogens with zero attached hydrogens (tertiary/aromatic N) is 4. The fourth-order valence-electron chi connectivity index (χ4n) is 7.44. The molecule has 0 fully saturated rings. The lowest BCUT2D eigenvalue weighted by Gasteiger charge is -2.14. The van der Waals surface area contributed by atoms with Crippen LogP contribution in [0.25, 0.3) is 88.8 Å². The van der Waals surface area contributed by atoms with Crippen LogP contribution in [0.3, 0.4) is 0 Å². The minimum Gasteiger partial charge on any atom is -0.316 e. The molecule has 0 radical (unpaired) electrons. The summed E-state index contributed by atoms with van der Waals surface area (Å²) in [5, 5.41) is 4.70. The van der Waals surface area contributed by atoms with Crippen molar-refractivity contribution in [2.75, 3.05) is 0 Å². The number of para-hydroxylation sites is 3. The van der Waals surface area contributed by atoms with Gasteiger partial charge in [-0.3, -0.25) is 0 Å². The predicted molar refractivity (Wildman–Crippen MR) is 207 cm³/mol. The standard InChI is InChI=1S/C46H30N4/c1-3-14-31(15-4-1)36-20-7-8-22-38(36)45-39-23-9-11-24-41(39)47-46(48-45)33-16-13-19-35(28-33)50-42-25-12-10-21-37(42)40-29-32-26-27-49(43(32)30-44(40)50)34-17-5-2-6-18-34/h1-30H. The molecule has 0 unspecified atom stereocenters. The summed E-state index contributed by atoms with van der Waals surface area (Å²) in [6.45, 7) is 0. The molecule has 0 aliphatic carbocycles. The van der Waals surface area contributed by atoms with Crippen LogP contribution in [-0.4, -0.2) is 19.1 Å². The van der Waals surface area contributed by atoms with E-state index in [1.807, 2.05) is 6.07 Å². The Hall–Kier alpha value is -6.78. The first kappa shape index (κ1) is 28.3. The van der Waals surface area contributed by atoms with Gasteiger partial charge >= 0.3 is 0 Å². The van der Waals surface area contributed by atoms with Gasteiger partial charge in [0, 0.05) is 50.2 Å². The molecule has 4 heteroatoms. The molecule has 0 spiro atoms. The molecule has 0 amide bonds. The van der Waals surface area contributed by atoms with Crippen molar-refractivity contribution >= 4 is 43.6 Å². The van der Waals surface area contributed by atoms with Crippen molar-refractivity contribution in [3.8, 4) is 45.1 Å². The van der Waals surface area contributed by atoms with Crippen LogP contribution >= 0.6 is 0 Å². The molecule has 234 valence electrons. The van der Waals surface area contributed by atoms with Crippen molar-refractivity contribution in [1.29, 1.82) is 0 Å². The van der Waals surface area contributed by atoms with Gasteiger partial charge < -0.3 is 9.13 Å². The second-order valence-corrected chi connectivity index (χ2v) is 12.7. The van der Waals surface area contributed by atoms with Gasteiger partial charge in [0.2, 0.25) is 0 Å². The van der Waals surface area contributed by atoms with E-state index in [0.29, 0.717) is 5.82 Å². The Balaban J connectivity index is 1.18. The Morgan fingerprint density at radius 1 is 0.400 bits per heavy atom. The molecule has 0 saturated heterocycles. The number of rotatable bonds is 5. The maximum Gasteiger partial charge on any atom is 0.160 e. The summed E-state index contributed by atoms with van der Waals surface area (Å²) in [6.07, 6.45) is 2.16. The molecule has 0 bridgehead atoms. The molecule has 3 heterocycles. The molecule has 0 aliphatic heterocycles. The van der Waals surface area contributed by atoms with Crippen molar-refractivity contribution in [2.24, 2.45) is 0 Å². The molecule has 0 aliphatic rings. The number of hydrogen-bond acceptors (Lipinski definition) is 2. The Kier molecular flexibility index (Phi) is 6.46. The fraction of sp³-hybridized carbons (Fsp3) is 0. The van der Waals surface area contributed by atoms with Gasteiger partial charge in [0.05, 0.1) is 27.8 Å². The Bertz CT molecular complexity index is 2860. The van der Waals surface area contributed by atoms with Gasteiger partial charge in [0.25, 0.3) is 0 Å². The van der Waals surface area contributed by atoms with Crippen molar-refractivity contribution in [2.45, 2.75) is 0 Å². The van der Waals surface area contributed by atoms with E-state index < -0.39 is 0 Å². The van der Waals surface area contributed by atoms with Crippen LogP contribution in [0.15, 0.2) is 182 Å². The van der Waals surface area contributed by atoms with Crippen molar-refractivity contribution in [1.82, 2.24) is 19.1 Å². The third-order valence-corrected chi connectivity index (χ3v) is 9.75. The highest BCUT2D eigenvalue weighted by atomic mass is 15.0. The molecule has 50 heavy (non-hydrogen) atoms. The smallest absolute Gasteiger partial charge is 0.160 e. The van der Waals surface area contributed by atoms with E-state index in [-0.39, 0.29) is 0 Å². The van der Waals surface area contributed by atoms with E-state index in [4.69, 9.17) is 9.97 Å². The highest BCUT2D eigenvalue weighted by molar-refractivity contribution is 6.13. The Morgan fingerprint density at radius 2 is 1.08 bits per heavy atom. The molecule has 10 aromatic rings. The van der Waals surface area contributed by atoms with Crippen LogP contribution in [-0.2, 0) is 0 Å². The lowest BCUT2D eigenvalue weighted by atomic mass is 9.95. The summed E-state index contributed by atoms with van der Waals surface area (Å²) in [6, 6.07) is 62.1. The molecule has 4 nitrogen and oxygen atoms in total. The molecule has 0 N–H and O–H groups in total. The van der Waals surface area contributed by atoms with E-state index >= 15 is 0 Å². The zero-order chi connectivity index (χ0) is 33.0. The lowest BCUT2D eigenvalue weighted by Crippen LogP contribution is -1.98. The molecule has 7 aromatic carbocycles. The first-order chi connectivity index (χ1) is 24.8. The number of fused-ring (bicyclic) bond motifs is 5. The summed E-state index contributed by atoms with van der Waals surface area (Å²) >= 11 is 0. The zero-order valence-corrected chi connectivity index (χ0v) is 27.1. The monoisotopic (exact) mass is 638 g/mol. The number of hydrogen-bond donors (Lipinski definition) is 0. The van der Waals surface area contributed by atoms with Crippen molar-refractivity contribution in [3.05, 3.63) is 182 Å². The normalized spacial score (nSPS) is 11.6. The molecular formula is C46H30N4. The summed E-state index contributed by atoms with van der Waals surface area (Å²) in [5.74, 6) is 0.699. The van der Waals surface area contributed by atoms with Gasteiger partial charge in [-0.05, 0) is 65.7 Å². The fourth-order valence-corrected chi connectivity index (χ4v) is 7.44. The third-order valence-electron chi connectivity index (χ3n) is 9.75. The third kappa shape index (κ3) is 4.54. The van der Waals surface area contributed by atoms with E-state index in [1.165, 1.54) is 21.7 Å². The largest absolute Gasteiger partial charge is 0.316 e. The SMILES string of the molecule is c1ccc(-c2ccccc2-c2nc(-c3cccc(-n4c5ccccc5c5cc6ccn(-c7ccccc7)c6cc54)c3)nc3ccccc23)cc1. The average molecular weight is 639 g/mol. The summed E-state index contributed by atoms with van der Waals surface area (Å²) in [5.41, 5.74) is 11.9. The molecule has 10 rings (SSSR count). The number of aromatic nitrogens is 4. The first-order valence-electron chi connectivity index (χ1n) is 16.9.